The zero-order chi connectivity index (χ0) is 12.7. The Balaban J connectivity index is 2.34. The molecule has 0 amide bonds. The van der Waals surface area contributed by atoms with E-state index in [1.54, 1.807) is 0 Å². The summed E-state index contributed by atoms with van der Waals surface area (Å²) in [5, 5.41) is 6.01. The van der Waals surface area contributed by atoms with Crippen molar-refractivity contribution in [2.24, 2.45) is 0 Å². The van der Waals surface area contributed by atoms with Crippen LogP contribution in [0.4, 0.5) is 5.69 Å². The molecule has 0 saturated heterocycles. The van der Waals surface area contributed by atoms with Gasteiger partial charge in [0.05, 0.1) is 0 Å². The number of hydrogen-bond donors (Lipinski definition) is 1. The van der Waals surface area contributed by atoms with Crippen LogP contribution in [0.3, 0.4) is 0 Å². The van der Waals surface area contributed by atoms with Crippen molar-refractivity contribution in [2.75, 3.05) is 5.32 Å². The largest absolute Gasteiger partial charge is 0.382 e. The van der Waals surface area contributed by atoms with Crippen molar-refractivity contribution in [3.05, 3.63) is 47.5 Å². The molecule has 1 aliphatic rings. The Kier molecular flexibility index (Phi) is 2.67. The van der Waals surface area contributed by atoms with Gasteiger partial charge in [0.15, 0.2) is 0 Å². The van der Waals surface area contributed by atoms with Crippen LogP contribution in [0.2, 0.25) is 0 Å². The van der Waals surface area contributed by atoms with Crippen molar-refractivity contribution in [3.8, 4) is 0 Å². The molecule has 0 fully saturated rings. The van der Waals surface area contributed by atoms with Crippen LogP contribution in [0.1, 0.15) is 25.0 Å². The Morgan fingerprint density at radius 1 is 1.06 bits per heavy atom. The fraction of sp³-hybridized carbons (Fsp3) is 0.188. The molecular weight excluding hydrogens is 238 g/mol. The molecule has 0 saturated carbocycles. The van der Waals surface area contributed by atoms with E-state index in [1.807, 2.05) is 6.08 Å². The van der Waals surface area contributed by atoms with E-state index in [2.05, 4.69) is 55.6 Å². The van der Waals surface area contributed by atoms with Crippen LogP contribution in [0.25, 0.3) is 16.8 Å². The average molecular weight is 253 g/mol. The molecule has 0 bridgehead atoms. The summed E-state index contributed by atoms with van der Waals surface area (Å²) in [4.78, 5) is 0.919. The Hall–Kier alpha value is -1.67. The van der Waals surface area contributed by atoms with Gasteiger partial charge in [0, 0.05) is 22.2 Å². The van der Waals surface area contributed by atoms with E-state index in [1.165, 1.54) is 21.9 Å². The fourth-order valence-electron chi connectivity index (χ4n) is 2.48. The van der Waals surface area contributed by atoms with Gasteiger partial charge in [-0.25, -0.2) is 0 Å². The van der Waals surface area contributed by atoms with Gasteiger partial charge in [-0.15, -0.1) is 0 Å². The normalized spacial score (nSPS) is 13.4. The highest BCUT2D eigenvalue weighted by atomic mass is 32.1. The Labute approximate surface area is 113 Å². The fourth-order valence-corrected chi connectivity index (χ4v) is 2.76. The summed E-state index contributed by atoms with van der Waals surface area (Å²) in [6.45, 7) is 4.29. The van der Waals surface area contributed by atoms with Gasteiger partial charge in [0.1, 0.15) is 0 Å². The second-order valence-electron chi connectivity index (χ2n) is 4.93. The third-order valence-corrected chi connectivity index (χ3v) is 3.52. The lowest BCUT2D eigenvalue weighted by Gasteiger charge is -2.20. The molecule has 2 aromatic carbocycles. The minimum Gasteiger partial charge on any atom is -0.382 e. The molecule has 0 atom stereocenters. The van der Waals surface area contributed by atoms with Crippen LogP contribution in [0, 0.1) is 0 Å². The third-order valence-electron chi connectivity index (χ3n) is 3.18. The van der Waals surface area contributed by atoms with Crippen LogP contribution in [0.5, 0.6) is 0 Å². The Bertz CT molecular complexity index is 668. The highest BCUT2D eigenvalue weighted by Crippen LogP contribution is 2.34. The smallest absolute Gasteiger partial charge is 0.0476 e. The summed E-state index contributed by atoms with van der Waals surface area (Å²) in [6, 6.07) is 11.1. The van der Waals surface area contributed by atoms with Crippen molar-refractivity contribution >= 4 is 39.6 Å². The van der Waals surface area contributed by atoms with Gasteiger partial charge in [-0.05, 0) is 42.3 Å². The van der Waals surface area contributed by atoms with Crippen LogP contribution in [0.15, 0.2) is 36.4 Å². The lowest BCUT2D eigenvalue weighted by Crippen LogP contribution is -2.14. The highest BCUT2D eigenvalue weighted by Gasteiger charge is 2.16. The minimum atomic E-state index is 0.402. The standard InChI is InChI=1S/C16H15NS/c1-10(2)17-13-8-6-11-4-3-5-12-7-9-14(18)16(13)15(11)12/h3-10,17H,1-2H3. The van der Waals surface area contributed by atoms with Crippen molar-refractivity contribution in [1.29, 1.82) is 0 Å². The molecule has 2 aromatic rings. The average Bonchev–Trinajstić information content (AvgIpc) is 2.34. The molecule has 0 aliphatic heterocycles. The Morgan fingerprint density at radius 2 is 1.89 bits per heavy atom. The molecule has 1 nitrogen and oxygen atoms in total. The van der Waals surface area contributed by atoms with Crippen LogP contribution in [-0.4, -0.2) is 10.9 Å². The molecule has 0 aromatic heterocycles. The SMILES string of the molecule is CC(C)Nc1ccc2cccc3c2c1C(=S)C=C3. The molecule has 18 heavy (non-hydrogen) atoms. The lowest BCUT2D eigenvalue weighted by molar-refractivity contribution is 0.900. The topological polar surface area (TPSA) is 12.0 Å². The first-order valence-corrected chi connectivity index (χ1v) is 6.62. The molecule has 1 N–H and O–H groups in total. The summed E-state index contributed by atoms with van der Waals surface area (Å²) >= 11 is 5.51. The summed E-state index contributed by atoms with van der Waals surface area (Å²) < 4.78 is 0. The molecule has 0 spiro atoms. The number of anilines is 1. The van der Waals surface area contributed by atoms with Gasteiger partial charge in [-0.1, -0.05) is 42.6 Å². The first kappa shape index (κ1) is 11.4. The zero-order valence-electron chi connectivity index (χ0n) is 10.5. The van der Waals surface area contributed by atoms with Crippen molar-refractivity contribution in [1.82, 2.24) is 0 Å². The van der Waals surface area contributed by atoms with Crippen molar-refractivity contribution in [2.45, 2.75) is 19.9 Å². The van der Waals surface area contributed by atoms with Gasteiger partial charge in [0.2, 0.25) is 0 Å². The molecule has 0 heterocycles. The highest BCUT2D eigenvalue weighted by molar-refractivity contribution is 7.81. The maximum atomic E-state index is 5.51. The van der Waals surface area contributed by atoms with E-state index in [0.717, 1.165) is 10.6 Å². The summed E-state index contributed by atoms with van der Waals surface area (Å²) in [5.74, 6) is 0. The minimum absolute atomic E-state index is 0.402. The number of rotatable bonds is 2. The van der Waals surface area contributed by atoms with Crippen molar-refractivity contribution in [3.63, 3.8) is 0 Å². The number of hydrogen-bond acceptors (Lipinski definition) is 2. The van der Waals surface area contributed by atoms with Gasteiger partial charge in [0.25, 0.3) is 0 Å². The van der Waals surface area contributed by atoms with E-state index in [4.69, 9.17) is 12.2 Å². The monoisotopic (exact) mass is 253 g/mol. The molecule has 90 valence electrons. The van der Waals surface area contributed by atoms with E-state index in [9.17, 15) is 0 Å². The lowest BCUT2D eigenvalue weighted by atomic mass is 9.91. The van der Waals surface area contributed by atoms with E-state index >= 15 is 0 Å². The predicted molar refractivity (Wildman–Crippen MR) is 83.4 cm³/mol. The number of thiocarbonyl (C=S) groups is 1. The van der Waals surface area contributed by atoms with Gasteiger partial charge < -0.3 is 5.32 Å². The van der Waals surface area contributed by atoms with Crippen LogP contribution in [-0.2, 0) is 0 Å². The molecule has 0 radical (unpaired) electrons. The van der Waals surface area contributed by atoms with Gasteiger partial charge in [-0.2, -0.15) is 0 Å². The quantitative estimate of drug-likeness (QED) is 0.796. The van der Waals surface area contributed by atoms with Crippen LogP contribution < -0.4 is 5.32 Å². The van der Waals surface area contributed by atoms with Crippen LogP contribution >= 0.6 is 12.2 Å². The van der Waals surface area contributed by atoms with E-state index in [0.29, 0.717) is 6.04 Å². The predicted octanol–water partition coefficient (Wildman–Crippen LogP) is 4.40. The number of nitrogens with one attached hydrogen (secondary N) is 1. The molecular formula is C16H15NS. The Morgan fingerprint density at radius 3 is 2.67 bits per heavy atom. The second kappa shape index (κ2) is 4.21. The summed E-state index contributed by atoms with van der Waals surface area (Å²) in [7, 11) is 0. The summed E-state index contributed by atoms with van der Waals surface area (Å²) in [6.07, 6.45) is 4.13. The third kappa shape index (κ3) is 1.73. The molecule has 2 heteroatoms. The number of allylic oxidation sites excluding steroid dienone is 1. The number of benzene rings is 2. The first-order valence-electron chi connectivity index (χ1n) is 6.21. The molecule has 3 rings (SSSR count). The summed E-state index contributed by atoms with van der Waals surface area (Å²) in [5.41, 5.74) is 3.57. The zero-order valence-corrected chi connectivity index (χ0v) is 11.3. The maximum Gasteiger partial charge on any atom is 0.0476 e. The second-order valence-corrected chi connectivity index (χ2v) is 5.37. The van der Waals surface area contributed by atoms with Crippen molar-refractivity contribution < 1.29 is 0 Å². The molecule has 0 unspecified atom stereocenters. The van der Waals surface area contributed by atoms with E-state index in [-0.39, 0.29) is 0 Å². The maximum absolute atomic E-state index is 5.51. The van der Waals surface area contributed by atoms with Gasteiger partial charge in [-0.3, -0.25) is 0 Å². The van der Waals surface area contributed by atoms with Gasteiger partial charge >= 0.3 is 0 Å². The first-order chi connectivity index (χ1) is 8.66. The molecule has 1 aliphatic carbocycles. The van der Waals surface area contributed by atoms with E-state index < -0.39 is 0 Å².